The molecular weight excluding hydrogens is 336 g/mol. The first-order valence-corrected chi connectivity index (χ1v) is 9.95. The van der Waals surface area contributed by atoms with Crippen molar-refractivity contribution in [3.05, 3.63) is 59.9 Å². The van der Waals surface area contributed by atoms with Crippen molar-refractivity contribution in [1.29, 1.82) is 0 Å². The average Bonchev–Trinajstić information content (AvgIpc) is 3.19. The van der Waals surface area contributed by atoms with Crippen LogP contribution in [0.3, 0.4) is 0 Å². The minimum atomic E-state index is 0.146. The summed E-state index contributed by atoms with van der Waals surface area (Å²) in [5.41, 5.74) is 3.60. The Bertz CT molecular complexity index is 771. The number of piperazine rings is 1. The predicted molar refractivity (Wildman–Crippen MR) is 108 cm³/mol. The van der Waals surface area contributed by atoms with E-state index in [9.17, 15) is 4.79 Å². The third kappa shape index (κ3) is 4.14. The summed E-state index contributed by atoms with van der Waals surface area (Å²) < 4.78 is 0. The van der Waals surface area contributed by atoms with E-state index in [1.807, 2.05) is 29.3 Å². The summed E-state index contributed by atoms with van der Waals surface area (Å²) >= 11 is 0. The molecule has 5 nitrogen and oxygen atoms in total. The Hall–Kier alpha value is -2.40. The van der Waals surface area contributed by atoms with Crippen molar-refractivity contribution >= 4 is 11.6 Å². The fourth-order valence-electron chi connectivity index (χ4n) is 4.22. The number of hydrogen-bond acceptors (Lipinski definition) is 4. The second-order valence-electron chi connectivity index (χ2n) is 7.60. The molecule has 2 saturated heterocycles. The second kappa shape index (κ2) is 8.09. The number of hydrogen-bond donors (Lipinski definition) is 0. The van der Waals surface area contributed by atoms with Gasteiger partial charge in [-0.1, -0.05) is 18.2 Å². The van der Waals surface area contributed by atoms with Crippen LogP contribution in [0.25, 0.3) is 0 Å². The fraction of sp³-hybridized carbons (Fsp3) is 0.455. The number of rotatable bonds is 4. The zero-order valence-corrected chi connectivity index (χ0v) is 16.1. The molecule has 1 aromatic heterocycles. The molecule has 2 aliphatic rings. The van der Waals surface area contributed by atoms with Gasteiger partial charge in [0.25, 0.3) is 0 Å². The lowest BCUT2D eigenvalue weighted by molar-refractivity contribution is -0.133. The Morgan fingerprint density at radius 1 is 1.07 bits per heavy atom. The van der Waals surface area contributed by atoms with Crippen LogP contribution in [-0.2, 0) is 4.79 Å². The maximum atomic E-state index is 12.9. The summed E-state index contributed by atoms with van der Waals surface area (Å²) in [5.74, 6) is 0.243. The molecule has 1 unspecified atom stereocenters. The molecule has 5 heteroatoms. The molecule has 3 heterocycles. The number of aromatic nitrogens is 1. The number of nitrogens with zero attached hydrogens (tertiary/aromatic N) is 4. The van der Waals surface area contributed by atoms with Crippen molar-refractivity contribution in [2.24, 2.45) is 0 Å². The summed E-state index contributed by atoms with van der Waals surface area (Å²) in [5, 5.41) is 0. The third-order valence-electron chi connectivity index (χ3n) is 5.70. The summed E-state index contributed by atoms with van der Waals surface area (Å²) in [6.07, 6.45) is 3.90. The number of anilines is 1. The molecule has 1 aromatic carbocycles. The minimum absolute atomic E-state index is 0.146. The molecule has 0 aliphatic carbocycles. The third-order valence-corrected chi connectivity index (χ3v) is 5.70. The van der Waals surface area contributed by atoms with Crippen LogP contribution in [0.15, 0.2) is 48.7 Å². The van der Waals surface area contributed by atoms with Gasteiger partial charge in [0, 0.05) is 44.6 Å². The standard InChI is InChI=1S/C22H28N4O/c1-18-6-4-7-19(16-18)25-14-12-24(13-15-25)17-22(27)26-11-5-9-21(26)20-8-2-3-10-23-20/h2-4,6-8,10,16,21H,5,9,11-15,17H2,1H3. The maximum absolute atomic E-state index is 12.9. The second-order valence-corrected chi connectivity index (χ2v) is 7.60. The van der Waals surface area contributed by atoms with Crippen LogP contribution >= 0.6 is 0 Å². The van der Waals surface area contributed by atoms with Gasteiger partial charge in [-0.15, -0.1) is 0 Å². The van der Waals surface area contributed by atoms with Crippen molar-refractivity contribution in [1.82, 2.24) is 14.8 Å². The SMILES string of the molecule is Cc1cccc(N2CCN(CC(=O)N3CCCC3c3ccccn3)CC2)c1. The number of likely N-dealkylation sites (tertiary alicyclic amines) is 1. The fourth-order valence-corrected chi connectivity index (χ4v) is 4.22. The van der Waals surface area contributed by atoms with Crippen LogP contribution in [-0.4, -0.2) is 60.0 Å². The van der Waals surface area contributed by atoms with Crippen LogP contribution in [0.1, 0.15) is 30.1 Å². The molecule has 2 fully saturated rings. The molecule has 0 N–H and O–H groups in total. The van der Waals surface area contributed by atoms with Gasteiger partial charge >= 0.3 is 0 Å². The summed E-state index contributed by atoms with van der Waals surface area (Å²) in [6.45, 7) is 7.31. The van der Waals surface area contributed by atoms with E-state index in [0.717, 1.165) is 51.3 Å². The smallest absolute Gasteiger partial charge is 0.237 e. The number of carbonyl (C=O) groups excluding carboxylic acids is 1. The molecule has 1 amide bonds. The number of pyridine rings is 1. The van der Waals surface area contributed by atoms with Gasteiger partial charge in [-0.3, -0.25) is 14.7 Å². The van der Waals surface area contributed by atoms with E-state index in [1.54, 1.807) is 0 Å². The number of benzene rings is 1. The Balaban J connectivity index is 1.33. The van der Waals surface area contributed by atoms with Crippen molar-refractivity contribution in [2.45, 2.75) is 25.8 Å². The Morgan fingerprint density at radius 2 is 1.93 bits per heavy atom. The van der Waals surface area contributed by atoms with E-state index >= 15 is 0 Å². The van der Waals surface area contributed by atoms with Crippen LogP contribution in [0.2, 0.25) is 0 Å². The molecule has 0 spiro atoms. The number of aryl methyl sites for hydroxylation is 1. The minimum Gasteiger partial charge on any atom is -0.369 e. The van der Waals surface area contributed by atoms with Gasteiger partial charge < -0.3 is 9.80 Å². The lowest BCUT2D eigenvalue weighted by Crippen LogP contribution is -2.50. The highest BCUT2D eigenvalue weighted by Crippen LogP contribution is 2.30. The molecule has 0 saturated carbocycles. The molecule has 142 valence electrons. The van der Waals surface area contributed by atoms with Gasteiger partial charge in [-0.05, 0) is 49.6 Å². The highest BCUT2D eigenvalue weighted by molar-refractivity contribution is 5.79. The van der Waals surface area contributed by atoms with Crippen LogP contribution in [0, 0.1) is 6.92 Å². The molecule has 1 atom stereocenters. The van der Waals surface area contributed by atoms with E-state index in [2.05, 4.69) is 46.0 Å². The van der Waals surface area contributed by atoms with Gasteiger partial charge in [0.1, 0.15) is 0 Å². The Labute approximate surface area is 161 Å². The van der Waals surface area contributed by atoms with Gasteiger partial charge in [0.2, 0.25) is 5.91 Å². The van der Waals surface area contributed by atoms with Crippen molar-refractivity contribution in [3.63, 3.8) is 0 Å². The molecule has 0 bridgehead atoms. The lowest BCUT2D eigenvalue weighted by atomic mass is 10.1. The monoisotopic (exact) mass is 364 g/mol. The quantitative estimate of drug-likeness (QED) is 0.836. The molecule has 4 rings (SSSR count). The predicted octanol–water partition coefficient (Wildman–Crippen LogP) is 2.88. The van der Waals surface area contributed by atoms with Crippen LogP contribution in [0.4, 0.5) is 5.69 Å². The number of carbonyl (C=O) groups is 1. The van der Waals surface area contributed by atoms with Gasteiger partial charge in [0.05, 0.1) is 18.3 Å². The lowest BCUT2D eigenvalue weighted by Gasteiger charge is -2.37. The van der Waals surface area contributed by atoms with Crippen molar-refractivity contribution < 1.29 is 4.79 Å². The maximum Gasteiger partial charge on any atom is 0.237 e. The molecule has 2 aliphatic heterocycles. The first-order valence-electron chi connectivity index (χ1n) is 9.95. The Kier molecular flexibility index (Phi) is 5.39. The molecule has 27 heavy (non-hydrogen) atoms. The van der Waals surface area contributed by atoms with Gasteiger partial charge in [-0.2, -0.15) is 0 Å². The van der Waals surface area contributed by atoms with Crippen LogP contribution in [0.5, 0.6) is 0 Å². The summed E-state index contributed by atoms with van der Waals surface area (Å²) in [4.78, 5) is 24.2. The largest absolute Gasteiger partial charge is 0.369 e. The van der Waals surface area contributed by atoms with E-state index in [-0.39, 0.29) is 11.9 Å². The molecule has 2 aromatic rings. The van der Waals surface area contributed by atoms with E-state index in [1.165, 1.54) is 11.3 Å². The van der Waals surface area contributed by atoms with Gasteiger partial charge in [0.15, 0.2) is 0 Å². The summed E-state index contributed by atoms with van der Waals surface area (Å²) in [7, 11) is 0. The van der Waals surface area contributed by atoms with Crippen molar-refractivity contribution in [3.8, 4) is 0 Å². The summed E-state index contributed by atoms with van der Waals surface area (Å²) in [6, 6.07) is 14.8. The number of amides is 1. The van der Waals surface area contributed by atoms with Gasteiger partial charge in [-0.25, -0.2) is 0 Å². The van der Waals surface area contributed by atoms with E-state index < -0.39 is 0 Å². The normalized spacial score (nSPS) is 20.9. The molecule has 0 radical (unpaired) electrons. The van der Waals surface area contributed by atoms with Crippen molar-refractivity contribution in [2.75, 3.05) is 44.2 Å². The zero-order chi connectivity index (χ0) is 18.6. The first kappa shape index (κ1) is 18.0. The Morgan fingerprint density at radius 3 is 2.67 bits per heavy atom. The van der Waals surface area contributed by atoms with E-state index in [4.69, 9.17) is 0 Å². The first-order chi connectivity index (χ1) is 13.2. The highest BCUT2D eigenvalue weighted by Gasteiger charge is 2.32. The topological polar surface area (TPSA) is 39.7 Å². The highest BCUT2D eigenvalue weighted by atomic mass is 16.2. The van der Waals surface area contributed by atoms with Crippen LogP contribution < -0.4 is 4.90 Å². The molecular formula is C22H28N4O. The van der Waals surface area contributed by atoms with E-state index in [0.29, 0.717) is 6.54 Å². The zero-order valence-electron chi connectivity index (χ0n) is 16.1. The average molecular weight is 364 g/mol.